The van der Waals surface area contributed by atoms with E-state index in [1.807, 2.05) is 19.1 Å². The van der Waals surface area contributed by atoms with Gasteiger partial charge in [-0.2, -0.15) is 0 Å². The molecule has 0 heterocycles. The molecule has 0 bridgehead atoms. The molecule has 6 rings (SSSR count). The molecule has 15 nitrogen and oxygen atoms in total. The molecule has 4 amide bonds. The molecule has 0 aliphatic rings. The van der Waals surface area contributed by atoms with Crippen LogP contribution in [-0.4, -0.2) is 73.2 Å². The third-order valence-electron chi connectivity index (χ3n) is 11.3. The van der Waals surface area contributed by atoms with Crippen molar-refractivity contribution in [3.63, 3.8) is 0 Å². The standard InChI is InChI=1S/C56H48N4O11/c1-7-43(61)31-70-54(68)45-27-19-38(29-47(45)52(66)57-6)56(4,5)39-20-28-46(55(69)71-32-44(62)8-2)48(30-39)53(67)60-42-25-17-37(18-26-42)51(65)59-41-23-15-35(16-24-41)49(63)34-13-21-40(22-14-34)58-50(64)36-11-9-33(3)10-12-36/h7-30H,1-2,31-32H2,3-6H3,(H,57,66)(H,58,64)(H,59,65)(H,60,67). The van der Waals surface area contributed by atoms with Crippen molar-refractivity contribution in [2.24, 2.45) is 0 Å². The fourth-order valence-electron chi connectivity index (χ4n) is 7.04. The number of ether oxygens (including phenoxy) is 2. The molecule has 0 unspecified atom stereocenters. The van der Waals surface area contributed by atoms with Gasteiger partial charge in [0.05, 0.1) is 22.3 Å². The second kappa shape index (κ2) is 22.6. The van der Waals surface area contributed by atoms with E-state index in [9.17, 15) is 43.2 Å². The van der Waals surface area contributed by atoms with Gasteiger partial charge in [-0.1, -0.05) is 56.8 Å². The number of carbonyl (C=O) groups excluding carboxylic acids is 9. The molecule has 0 aliphatic carbocycles. The quantitative estimate of drug-likeness (QED) is 0.0343. The van der Waals surface area contributed by atoms with Gasteiger partial charge in [0.1, 0.15) is 0 Å². The van der Waals surface area contributed by atoms with Gasteiger partial charge < -0.3 is 30.7 Å². The van der Waals surface area contributed by atoms with Crippen LogP contribution in [0.25, 0.3) is 0 Å². The molecular formula is C56H48N4O11. The Kier molecular flexibility index (Phi) is 16.3. The maximum atomic E-state index is 14.1. The van der Waals surface area contributed by atoms with E-state index in [1.54, 1.807) is 86.6 Å². The van der Waals surface area contributed by atoms with Crippen LogP contribution in [0.1, 0.15) is 109 Å². The van der Waals surface area contributed by atoms with Gasteiger partial charge >= 0.3 is 11.9 Å². The molecule has 358 valence electrons. The molecule has 71 heavy (non-hydrogen) atoms. The van der Waals surface area contributed by atoms with Gasteiger partial charge in [0.2, 0.25) is 0 Å². The van der Waals surface area contributed by atoms with Gasteiger partial charge in [-0.3, -0.25) is 33.6 Å². The van der Waals surface area contributed by atoms with Crippen molar-refractivity contribution in [3.8, 4) is 0 Å². The van der Waals surface area contributed by atoms with Crippen molar-refractivity contribution in [2.75, 3.05) is 36.2 Å². The molecule has 0 radical (unpaired) electrons. The predicted octanol–water partition coefficient (Wildman–Crippen LogP) is 8.49. The molecule has 0 atom stereocenters. The van der Waals surface area contributed by atoms with Crippen molar-refractivity contribution in [2.45, 2.75) is 26.2 Å². The number of aryl methyl sites for hydroxylation is 1. The lowest BCUT2D eigenvalue weighted by molar-refractivity contribution is -0.118. The molecule has 4 N–H and O–H groups in total. The minimum absolute atomic E-state index is 0.0383. The molecule has 6 aromatic rings. The Labute approximate surface area is 409 Å². The lowest BCUT2D eigenvalue weighted by Gasteiger charge is -2.28. The summed E-state index contributed by atoms with van der Waals surface area (Å²) in [7, 11) is 1.39. The molecule has 0 saturated carbocycles. The minimum Gasteiger partial charge on any atom is -0.454 e. The number of rotatable bonds is 19. The van der Waals surface area contributed by atoms with E-state index in [2.05, 4.69) is 34.4 Å². The Balaban J connectivity index is 1.15. The van der Waals surface area contributed by atoms with Crippen molar-refractivity contribution in [1.82, 2.24) is 5.32 Å². The van der Waals surface area contributed by atoms with Crippen LogP contribution in [0.15, 0.2) is 159 Å². The lowest BCUT2D eigenvalue weighted by Crippen LogP contribution is -2.26. The average Bonchev–Trinajstić information content (AvgIpc) is 3.39. The maximum absolute atomic E-state index is 14.1. The smallest absolute Gasteiger partial charge is 0.339 e. The topological polar surface area (TPSA) is 220 Å². The number of esters is 2. The fourth-order valence-corrected chi connectivity index (χ4v) is 7.04. The zero-order valence-electron chi connectivity index (χ0n) is 39.2. The summed E-state index contributed by atoms with van der Waals surface area (Å²) in [6.45, 7) is 11.1. The largest absolute Gasteiger partial charge is 0.454 e. The number of hydrogen-bond donors (Lipinski definition) is 4. The summed E-state index contributed by atoms with van der Waals surface area (Å²) in [6.07, 6.45) is 2.00. The number of hydrogen-bond acceptors (Lipinski definition) is 11. The van der Waals surface area contributed by atoms with Crippen LogP contribution in [0.2, 0.25) is 0 Å². The van der Waals surface area contributed by atoms with E-state index in [1.165, 1.54) is 55.6 Å². The van der Waals surface area contributed by atoms with Crippen LogP contribution in [0.4, 0.5) is 17.1 Å². The van der Waals surface area contributed by atoms with E-state index < -0.39 is 59.9 Å². The van der Waals surface area contributed by atoms with Crippen LogP contribution in [0, 0.1) is 6.92 Å². The second-order valence-electron chi connectivity index (χ2n) is 16.5. The number of amides is 4. The van der Waals surface area contributed by atoms with Crippen LogP contribution >= 0.6 is 0 Å². The third kappa shape index (κ3) is 12.6. The average molecular weight is 953 g/mol. The van der Waals surface area contributed by atoms with Crippen LogP contribution in [-0.2, 0) is 24.5 Å². The number of anilines is 3. The molecule has 0 aliphatic heterocycles. The predicted molar refractivity (Wildman–Crippen MR) is 267 cm³/mol. The monoisotopic (exact) mass is 952 g/mol. The van der Waals surface area contributed by atoms with Gasteiger partial charge in [0.15, 0.2) is 30.6 Å². The van der Waals surface area contributed by atoms with E-state index >= 15 is 0 Å². The Hall–Kier alpha value is -9.37. The van der Waals surface area contributed by atoms with Gasteiger partial charge in [-0.15, -0.1) is 0 Å². The van der Waals surface area contributed by atoms with Gasteiger partial charge in [0, 0.05) is 51.8 Å². The summed E-state index contributed by atoms with van der Waals surface area (Å²) in [4.78, 5) is 116. The summed E-state index contributed by atoms with van der Waals surface area (Å²) in [5.74, 6) is -5.32. The van der Waals surface area contributed by atoms with Gasteiger partial charge in [-0.25, -0.2) is 9.59 Å². The first-order valence-corrected chi connectivity index (χ1v) is 21.9. The summed E-state index contributed by atoms with van der Waals surface area (Å²) in [6, 6.07) is 34.8. The number of nitrogens with one attached hydrogen (secondary N) is 4. The Morgan fingerprint density at radius 3 is 1.20 bits per heavy atom. The molecular weight excluding hydrogens is 905 g/mol. The van der Waals surface area contributed by atoms with Crippen LogP contribution < -0.4 is 21.3 Å². The number of ketones is 3. The number of carbonyl (C=O) groups is 9. The number of benzene rings is 6. The van der Waals surface area contributed by atoms with Crippen molar-refractivity contribution in [1.29, 1.82) is 0 Å². The van der Waals surface area contributed by atoms with Crippen molar-refractivity contribution >= 4 is 70.0 Å². The molecule has 0 aromatic heterocycles. The highest BCUT2D eigenvalue weighted by Crippen LogP contribution is 2.35. The first-order chi connectivity index (χ1) is 33.9. The normalized spacial score (nSPS) is 10.7. The Morgan fingerprint density at radius 1 is 0.465 bits per heavy atom. The molecule has 0 fully saturated rings. The van der Waals surface area contributed by atoms with Gasteiger partial charge in [-0.05, 0) is 139 Å². The summed E-state index contributed by atoms with van der Waals surface area (Å²) in [5.41, 5.74) is 3.36. The van der Waals surface area contributed by atoms with Crippen molar-refractivity contribution < 1.29 is 52.6 Å². The second-order valence-corrected chi connectivity index (χ2v) is 16.5. The van der Waals surface area contributed by atoms with E-state index in [4.69, 9.17) is 9.47 Å². The molecule has 15 heteroatoms. The highest BCUT2D eigenvalue weighted by Gasteiger charge is 2.30. The van der Waals surface area contributed by atoms with E-state index in [0.29, 0.717) is 39.2 Å². The maximum Gasteiger partial charge on any atom is 0.339 e. The SMILES string of the molecule is C=CC(=O)COC(=O)c1ccc(C(C)(C)c2ccc(C(=O)OCC(=O)C=C)c(C(=O)Nc3ccc(C(=O)Nc4ccc(C(=O)c5ccc(NC(=O)c6ccc(C)cc6)cc5)cc4)cc3)c2)cc1C(=O)NC. The summed E-state index contributed by atoms with van der Waals surface area (Å²) in [5, 5.41) is 10.8. The third-order valence-corrected chi connectivity index (χ3v) is 11.3. The first-order valence-electron chi connectivity index (χ1n) is 21.9. The van der Waals surface area contributed by atoms with Crippen LogP contribution in [0.3, 0.4) is 0 Å². The highest BCUT2D eigenvalue weighted by atomic mass is 16.5. The van der Waals surface area contributed by atoms with Crippen LogP contribution in [0.5, 0.6) is 0 Å². The van der Waals surface area contributed by atoms with Crippen molar-refractivity contribution in [3.05, 3.63) is 220 Å². The zero-order chi connectivity index (χ0) is 51.4. The Bertz CT molecular complexity index is 3100. The van der Waals surface area contributed by atoms with E-state index in [0.717, 1.165) is 17.7 Å². The molecule has 0 saturated heterocycles. The lowest BCUT2D eigenvalue weighted by atomic mass is 9.76. The molecule has 6 aromatic carbocycles. The summed E-state index contributed by atoms with van der Waals surface area (Å²) >= 11 is 0. The fraction of sp³-hybridized carbons (Fsp3) is 0.125. The van der Waals surface area contributed by atoms with E-state index in [-0.39, 0.29) is 45.2 Å². The Morgan fingerprint density at radius 2 is 0.817 bits per heavy atom. The zero-order valence-corrected chi connectivity index (χ0v) is 39.2. The summed E-state index contributed by atoms with van der Waals surface area (Å²) < 4.78 is 10.3. The highest BCUT2D eigenvalue weighted by molar-refractivity contribution is 6.13. The molecule has 0 spiro atoms. The van der Waals surface area contributed by atoms with Gasteiger partial charge in [0.25, 0.3) is 23.6 Å². The first kappa shape index (κ1) is 51.0. The minimum atomic E-state index is -0.985.